The molecule has 3 N–H and O–H groups in total. The number of ether oxygens (including phenoxy) is 1. The summed E-state index contributed by atoms with van der Waals surface area (Å²) < 4.78 is 11.8. The molecule has 3 saturated carbocycles. The van der Waals surface area contributed by atoms with Crippen molar-refractivity contribution < 1.29 is 18.8 Å². The zero-order chi connectivity index (χ0) is 28.1. The molecular formula is C31H50N4O4S. The number of nitrogens with one attached hydrogen (secondary N) is 3. The summed E-state index contributed by atoms with van der Waals surface area (Å²) in [6.07, 6.45) is 15.9. The number of carbonyl (C=O) groups is 2. The Morgan fingerprint density at radius 2 is 1.80 bits per heavy atom. The number of carbonyl (C=O) groups excluding carboxylic acids is 2. The first kappa shape index (κ1) is 29.7. The Morgan fingerprint density at radius 1 is 1.05 bits per heavy atom. The maximum Gasteiger partial charge on any atom is 0.291 e. The highest BCUT2D eigenvalue weighted by atomic mass is 32.2. The van der Waals surface area contributed by atoms with E-state index in [-0.39, 0.29) is 30.2 Å². The molecule has 3 unspecified atom stereocenters. The highest BCUT2D eigenvalue weighted by Crippen LogP contribution is 2.44. The van der Waals surface area contributed by atoms with Crippen LogP contribution in [-0.4, -0.2) is 54.0 Å². The molecular weight excluding hydrogens is 524 g/mol. The summed E-state index contributed by atoms with van der Waals surface area (Å²) in [5, 5.41) is 14.4. The van der Waals surface area contributed by atoms with E-state index in [0.717, 1.165) is 44.1 Å². The van der Waals surface area contributed by atoms with Crippen LogP contribution in [0.25, 0.3) is 0 Å². The molecule has 0 radical (unpaired) electrons. The van der Waals surface area contributed by atoms with Crippen molar-refractivity contribution in [2.45, 2.75) is 126 Å². The van der Waals surface area contributed by atoms with Gasteiger partial charge in [0.1, 0.15) is 11.5 Å². The predicted molar refractivity (Wildman–Crippen MR) is 158 cm³/mol. The van der Waals surface area contributed by atoms with Gasteiger partial charge in [-0.25, -0.2) is 0 Å². The van der Waals surface area contributed by atoms with Crippen molar-refractivity contribution in [3.63, 3.8) is 0 Å². The number of thioether (sulfide) groups is 1. The van der Waals surface area contributed by atoms with Gasteiger partial charge in [0.25, 0.3) is 11.8 Å². The van der Waals surface area contributed by atoms with Crippen molar-refractivity contribution in [3.05, 3.63) is 5.76 Å². The molecule has 0 spiro atoms. The van der Waals surface area contributed by atoms with Crippen LogP contribution in [0, 0.1) is 23.2 Å². The standard InChI is InChI=1S/C31H50N4O4S/c1-20(23-16-21-9-7-10-22(15-21)17-23)34-28(36)26-27(40-25-12-5-4-6-13-25)29(35-39-26)38-19-31(2,3)30(37)33-18-24-11-8-14-32-24/h20-25,32H,4-19H2,1-3H3,(H,33,37)(H,34,36)/t20?,21?,22?,23?,24-/m0/s1. The molecule has 4 fully saturated rings. The van der Waals surface area contributed by atoms with Gasteiger partial charge < -0.3 is 25.2 Å². The minimum Gasteiger partial charge on any atom is -0.474 e. The first-order valence-electron chi connectivity index (χ1n) is 15.9. The monoisotopic (exact) mass is 574 g/mol. The lowest BCUT2D eigenvalue weighted by Crippen LogP contribution is -2.45. The SMILES string of the molecule is CC(NC(=O)c1onc(OCC(C)(C)C(=O)NC[C@@H]2CCCN2)c1SC1CCCCC1)C1CC2CCCC(C2)C1. The first-order valence-corrected chi connectivity index (χ1v) is 16.8. The topological polar surface area (TPSA) is 105 Å². The molecule has 224 valence electrons. The molecule has 1 saturated heterocycles. The normalized spacial score (nSPS) is 28.2. The van der Waals surface area contributed by atoms with E-state index < -0.39 is 5.41 Å². The van der Waals surface area contributed by atoms with Crippen LogP contribution in [-0.2, 0) is 4.79 Å². The number of hydrogen-bond acceptors (Lipinski definition) is 7. The fraction of sp³-hybridized carbons (Fsp3) is 0.839. The molecule has 3 aliphatic carbocycles. The Balaban J connectivity index is 1.23. The molecule has 1 aromatic heterocycles. The van der Waals surface area contributed by atoms with E-state index in [2.05, 4.69) is 28.0 Å². The molecule has 0 aromatic carbocycles. The molecule has 8 nitrogen and oxygen atoms in total. The second-order valence-electron chi connectivity index (χ2n) is 13.6. The molecule has 1 aliphatic heterocycles. The van der Waals surface area contributed by atoms with Crippen LogP contribution in [0.2, 0.25) is 0 Å². The zero-order valence-corrected chi connectivity index (χ0v) is 25.6. The number of fused-ring (bicyclic) bond motifs is 2. The molecule has 2 bridgehead atoms. The van der Waals surface area contributed by atoms with Gasteiger partial charge in [-0.1, -0.05) is 38.5 Å². The lowest BCUT2D eigenvalue weighted by Gasteiger charge is -2.41. The fourth-order valence-corrected chi connectivity index (χ4v) is 8.58. The van der Waals surface area contributed by atoms with Crippen molar-refractivity contribution in [1.82, 2.24) is 21.1 Å². The Hall–Kier alpha value is -1.74. The molecule has 40 heavy (non-hydrogen) atoms. The molecule has 1 aromatic rings. The number of aromatic nitrogens is 1. The van der Waals surface area contributed by atoms with Crippen molar-refractivity contribution in [1.29, 1.82) is 0 Å². The lowest BCUT2D eigenvalue weighted by molar-refractivity contribution is -0.131. The number of amides is 2. The van der Waals surface area contributed by atoms with Crippen LogP contribution in [0.3, 0.4) is 0 Å². The second-order valence-corrected chi connectivity index (χ2v) is 14.9. The summed E-state index contributed by atoms with van der Waals surface area (Å²) in [5.74, 6) is 2.48. The van der Waals surface area contributed by atoms with Gasteiger partial charge >= 0.3 is 0 Å². The van der Waals surface area contributed by atoms with E-state index in [9.17, 15) is 9.59 Å². The van der Waals surface area contributed by atoms with Gasteiger partial charge in [0.2, 0.25) is 11.7 Å². The van der Waals surface area contributed by atoms with Gasteiger partial charge in [0, 0.05) is 23.9 Å². The maximum absolute atomic E-state index is 13.6. The third-order valence-electron chi connectivity index (χ3n) is 9.75. The van der Waals surface area contributed by atoms with Crippen molar-refractivity contribution in [2.24, 2.45) is 23.2 Å². The summed E-state index contributed by atoms with van der Waals surface area (Å²) >= 11 is 1.66. The molecule has 2 amide bonds. The minimum atomic E-state index is -0.750. The highest BCUT2D eigenvalue weighted by molar-refractivity contribution is 8.00. The summed E-state index contributed by atoms with van der Waals surface area (Å²) in [7, 11) is 0. The highest BCUT2D eigenvalue weighted by Gasteiger charge is 2.36. The summed E-state index contributed by atoms with van der Waals surface area (Å²) in [6.45, 7) is 7.70. The minimum absolute atomic E-state index is 0.0461. The number of hydrogen-bond donors (Lipinski definition) is 3. The van der Waals surface area contributed by atoms with E-state index in [1.807, 2.05) is 13.8 Å². The molecule has 2 heterocycles. The molecule has 5 rings (SSSR count). The number of nitrogens with zero attached hydrogens (tertiary/aromatic N) is 1. The average molecular weight is 575 g/mol. The Kier molecular flexibility index (Phi) is 10.0. The van der Waals surface area contributed by atoms with E-state index >= 15 is 0 Å². The first-order chi connectivity index (χ1) is 19.3. The molecule has 9 heteroatoms. The van der Waals surface area contributed by atoms with Crippen LogP contribution in [0.4, 0.5) is 0 Å². The van der Waals surface area contributed by atoms with Crippen molar-refractivity contribution in [3.8, 4) is 5.88 Å². The molecule has 4 atom stereocenters. The molecule has 4 aliphatic rings. The van der Waals surface area contributed by atoms with Gasteiger partial charge in [-0.05, 0) is 95.2 Å². The fourth-order valence-electron chi connectivity index (χ4n) is 7.24. The van der Waals surface area contributed by atoms with E-state index in [4.69, 9.17) is 9.26 Å². The summed E-state index contributed by atoms with van der Waals surface area (Å²) in [5.41, 5.74) is -0.750. The van der Waals surface area contributed by atoms with Crippen LogP contribution < -0.4 is 20.7 Å². The Morgan fingerprint density at radius 3 is 2.50 bits per heavy atom. The average Bonchev–Trinajstić information content (AvgIpc) is 3.61. The van der Waals surface area contributed by atoms with Crippen molar-refractivity contribution in [2.75, 3.05) is 19.7 Å². The Labute approximate surface area is 244 Å². The van der Waals surface area contributed by atoms with Crippen LogP contribution in [0.15, 0.2) is 9.42 Å². The van der Waals surface area contributed by atoms with E-state index in [1.165, 1.54) is 57.8 Å². The zero-order valence-electron chi connectivity index (χ0n) is 24.8. The third kappa shape index (κ3) is 7.55. The van der Waals surface area contributed by atoms with Gasteiger partial charge in [0.15, 0.2) is 0 Å². The van der Waals surface area contributed by atoms with Gasteiger partial charge in [-0.15, -0.1) is 11.8 Å². The predicted octanol–water partition coefficient (Wildman–Crippen LogP) is 5.71. The second kappa shape index (κ2) is 13.5. The van der Waals surface area contributed by atoms with Crippen LogP contribution >= 0.6 is 11.8 Å². The lowest BCUT2D eigenvalue weighted by atomic mass is 9.66. The largest absolute Gasteiger partial charge is 0.474 e. The van der Waals surface area contributed by atoms with Gasteiger partial charge in [0.05, 0.1) is 5.41 Å². The number of rotatable bonds is 11. The van der Waals surface area contributed by atoms with E-state index in [1.54, 1.807) is 11.8 Å². The summed E-state index contributed by atoms with van der Waals surface area (Å²) in [4.78, 5) is 27.2. The third-order valence-corrected chi connectivity index (χ3v) is 11.1. The Bertz CT molecular complexity index is 989. The smallest absolute Gasteiger partial charge is 0.291 e. The van der Waals surface area contributed by atoms with Crippen LogP contribution in [0.5, 0.6) is 5.88 Å². The van der Waals surface area contributed by atoms with Gasteiger partial charge in [-0.2, -0.15) is 0 Å². The maximum atomic E-state index is 13.6. The van der Waals surface area contributed by atoms with Gasteiger partial charge in [-0.3, -0.25) is 9.59 Å². The quantitative estimate of drug-likeness (QED) is 0.311. The summed E-state index contributed by atoms with van der Waals surface area (Å²) in [6, 6.07) is 0.432. The van der Waals surface area contributed by atoms with Crippen molar-refractivity contribution >= 4 is 23.6 Å². The van der Waals surface area contributed by atoms with Crippen LogP contribution in [0.1, 0.15) is 115 Å². The van der Waals surface area contributed by atoms with E-state index in [0.29, 0.717) is 34.5 Å².